The Morgan fingerprint density at radius 2 is 1.77 bits per heavy atom. The van der Waals surface area contributed by atoms with Crippen molar-refractivity contribution in [2.24, 2.45) is 0 Å². The van der Waals surface area contributed by atoms with E-state index in [0.717, 1.165) is 5.39 Å². The first kappa shape index (κ1) is 21.8. The molecular formula is C24H24ClNO4S. The van der Waals surface area contributed by atoms with E-state index in [-0.39, 0.29) is 5.78 Å². The van der Waals surface area contributed by atoms with Gasteiger partial charge in [-0.2, -0.15) is 11.8 Å². The van der Waals surface area contributed by atoms with Crippen molar-refractivity contribution in [3.05, 3.63) is 53.2 Å². The van der Waals surface area contributed by atoms with Crippen molar-refractivity contribution in [1.82, 2.24) is 4.98 Å². The molecule has 7 heteroatoms. The predicted molar refractivity (Wildman–Crippen MR) is 125 cm³/mol. The van der Waals surface area contributed by atoms with Crippen LogP contribution >= 0.6 is 23.4 Å². The van der Waals surface area contributed by atoms with Crippen LogP contribution in [0.1, 0.15) is 36.0 Å². The quantitative estimate of drug-likeness (QED) is 0.357. The summed E-state index contributed by atoms with van der Waals surface area (Å²) in [6.45, 7) is 0. The molecule has 0 saturated heterocycles. The van der Waals surface area contributed by atoms with E-state index in [1.807, 2.05) is 6.07 Å². The van der Waals surface area contributed by atoms with Crippen LogP contribution in [0.5, 0.6) is 23.0 Å². The minimum absolute atomic E-state index is 0.0940. The molecule has 0 unspecified atom stereocenters. The highest BCUT2D eigenvalue weighted by molar-refractivity contribution is 8.00. The molecular weight excluding hydrogens is 434 g/mol. The van der Waals surface area contributed by atoms with Gasteiger partial charge in [-0.15, -0.1) is 0 Å². The minimum atomic E-state index is 0.0940. The lowest BCUT2D eigenvalue weighted by molar-refractivity contribution is 0.102. The SMILES string of the molecule is COc1cc2nccc(Oc3ccc(C(=O)CSC4CCCC4)cc3Cl)c2cc1OC. The van der Waals surface area contributed by atoms with Crippen LogP contribution in [0, 0.1) is 0 Å². The molecule has 0 bridgehead atoms. The van der Waals surface area contributed by atoms with Crippen LogP contribution in [-0.2, 0) is 0 Å². The molecule has 1 heterocycles. The zero-order valence-corrected chi connectivity index (χ0v) is 19.1. The summed E-state index contributed by atoms with van der Waals surface area (Å²) in [6, 6.07) is 10.6. The molecule has 0 amide bonds. The lowest BCUT2D eigenvalue weighted by Gasteiger charge is -2.13. The number of benzene rings is 2. The van der Waals surface area contributed by atoms with E-state index in [9.17, 15) is 4.79 Å². The maximum absolute atomic E-state index is 12.6. The van der Waals surface area contributed by atoms with E-state index in [1.165, 1.54) is 25.7 Å². The fourth-order valence-electron chi connectivity index (χ4n) is 3.74. The molecule has 1 aromatic heterocycles. The van der Waals surface area contributed by atoms with Crippen molar-refractivity contribution in [3.63, 3.8) is 0 Å². The van der Waals surface area contributed by atoms with Crippen LogP contribution in [-0.4, -0.2) is 36.0 Å². The number of nitrogens with zero attached hydrogens (tertiary/aromatic N) is 1. The largest absolute Gasteiger partial charge is 0.493 e. The maximum atomic E-state index is 12.6. The van der Waals surface area contributed by atoms with Crippen molar-refractivity contribution >= 4 is 40.0 Å². The van der Waals surface area contributed by atoms with E-state index in [2.05, 4.69) is 4.98 Å². The molecule has 0 spiro atoms. The van der Waals surface area contributed by atoms with Gasteiger partial charge in [-0.1, -0.05) is 24.4 Å². The number of halogens is 1. The lowest BCUT2D eigenvalue weighted by Crippen LogP contribution is -2.06. The molecule has 3 aromatic rings. The molecule has 5 nitrogen and oxygen atoms in total. The molecule has 0 aliphatic heterocycles. The second-order valence-corrected chi connectivity index (χ2v) is 9.12. The summed E-state index contributed by atoms with van der Waals surface area (Å²) in [6.07, 6.45) is 6.62. The van der Waals surface area contributed by atoms with Crippen molar-refractivity contribution < 1.29 is 19.0 Å². The molecule has 1 aliphatic rings. The van der Waals surface area contributed by atoms with Crippen LogP contribution in [0.4, 0.5) is 0 Å². The van der Waals surface area contributed by atoms with E-state index < -0.39 is 0 Å². The summed E-state index contributed by atoms with van der Waals surface area (Å²) in [7, 11) is 3.16. The average Bonchev–Trinajstić information content (AvgIpc) is 3.31. The van der Waals surface area contributed by atoms with E-state index in [1.54, 1.807) is 62.5 Å². The number of ether oxygens (including phenoxy) is 3. The highest BCUT2D eigenvalue weighted by atomic mass is 35.5. The fraction of sp³-hybridized carbons (Fsp3) is 0.333. The molecule has 4 rings (SSSR count). The van der Waals surface area contributed by atoms with E-state index >= 15 is 0 Å². The Bertz CT molecular complexity index is 1100. The van der Waals surface area contributed by atoms with Gasteiger partial charge in [0.1, 0.15) is 11.5 Å². The van der Waals surface area contributed by atoms with Gasteiger partial charge < -0.3 is 14.2 Å². The second kappa shape index (κ2) is 9.79. The predicted octanol–water partition coefficient (Wildman–Crippen LogP) is 6.56. The molecule has 1 fully saturated rings. The van der Waals surface area contributed by atoms with E-state index in [0.29, 0.717) is 50.1 Å². The normalized spacial score (nSPS) is 14.0. The summed E-state index contributed by atoms with van der Waals surface area (Å²) < 4.78 is 16.8. The highest BCUT2D eigenvalue weighted by Crippen LogP contribution is 2.38. The number of Topliss-reactive ketones (excluding diaryl/α,β-unsaturated/α-hetero) is 1. The van der Waals surface area contributed by atoms with Gasteiger partial charge in [-0.05, 0) is 43.2 Å². The number of thioether (sulfide) groups is 1. The molecule has 0 atom stereocenters. The number of ketones is 1. The first-order chi connectivity index (χ1) is 15.1. The zero-order valence-electron chi connectivity index (χ0n) is 17.5. The van der Waals surface area contributed by atoms with Gasteiger partial charge in [0, 0.05) is 28.5 Å². The number of pyridine rings is 1. The van der Waals surface area contributed by atoms with Crippen LogP contribution in [0.2, 0.25) is 5.02 Å². The van der Waals surface area contributed by atoms with Crippen molar-refractivity contribution in [3.8, 4) is 23.0 Å². The van der Waals surface area contributed by atoms with Gasteiger partial charge in [0.15, 0.2) is 17.3 Å². The number of methoxy groups -OCH3 is 2. The molecule has 31 heavy (non-hydrogen) atoms. The Morgan fingerprint density at radius 3 is 2.48 bits per heavy atom. The summed E-state index contributed by atoms with van der Waals surface area (Å²) in [5.41, 5.74) is 1.32. The Hall–Kier alpha value is -2.44. The van der Waals surface area contributed by atoms with Crippen LogP contribution < -0.4 is 14.2 Å². The summed E-state index contributed by atoms with van der Waals surface area (Å²) in [5.74, 6) is 2.82. The summed E-state index contributed by atoms with van der Waals surface area (Å²) >= 11 is 8.22. The minimum Gasteiger partial charge on any atom is -0.493 e. The molecule has 162 valence electrons. The molecule has 1 aliphatic carbocycles. The van der Waals surface area contributed by atoms with Crippen molar-refractivity contribution in [1.29, 1.82) is 0 Å². The Kier molecular flexibility index (Phi) is 6.88. The second-order valence-electron chi connectivity index (χ2n) is 7.42. The first-order valence-electron chi connectivity index (χ1n) is 10.2. The first-order valence-corrected chi connectivity index (χ1v) is 11.6. The maximum Gasteiger partial charge on any atom is 0.172 e. The third kappa shape index (κ3) is 4.91. The van der Waals surface area contributed by atoms with Crippen LogP contribution in [0.3, 0.4) is 0 Å². The fourth-order valence-corrected chi connectivity index (χ4v) is 5.18. The van der Waals surface area contributed by atoms with Gasteiger partial charge in [-0.25, -0.2) is 0 Å². The third-order valence-corrected chi connectivity index (χ3v) is 7.10. The topological polar surface area (TPSA) is 57.7 Å². The third-order valence-electron chi connectivity index (χ3n) is 5.43. The number of aromatic nitrogens is 1. The van der Waals surface area contributed by atoms with Gasteiger partial charge in [0.2, 0.25) is 0 Å². The van der Waals surface area contributed by atoms with Gasteiger partial charge in [0.25, 0.3) is 0 Å². The Balaban J connectivity index is 1.54. The van der Waals surface area contributed by atoms with Gasteiger partial charge in [0.05, 0.1) is 30.5 Å². The zero-order chi connectivity index (χ0) is 21.8. The Morgan fingerprint density at radius 1 is 1.03 bits per heavy atom. The average molecular weight is 458 g/mol. The van der Waals surface area contributed by atoms with Crippen LogP contribution in [0.25, 0.3) is 10.9 Å². The number of hydrogen-bond acceptors (Lipinski definition) is 6. The molecule has 0 radical (unpaired) electrons. The lowest BCUT2D eigenvalue weighted by atomic mass is 10.1. The molecule has 0 N–H and O–H groups in total. The molecule has 1 saturated carbocycles. The number of hydrogen-bond donors (Lipinski definition) is 0. The highest BCUT2D eigenvalue weighted by Gasteiger charge is 2.18. The van der Waals surface area contributed by atoms with Crippen molar-refractivity contribution in [2.45, 2.75) is 30.9 Å². The van der Waals surface area contributed by atoms with Gasteiger partial charge in [-0.3, -0.25) is 9.78 Å². The van der Waals surface area contributed by atoms with Crippen LogP contribution in [0.15, 0.2) is 42.6 Å². The standard InChI is InChI=1S/C24H24ClNO4S/c1-28-23-12-17-19(13-24(23)29-2)26-10-9-21(17)30-22-8-7-15(11-18(22)25)20(27)14-31-16-5-3-4-6-16/h7-13,16H,3-6,14H2,1-2H3. The Labute approximate surface area is 191 Å². The monoisotopic (exact) mass is 457 g/mol. The van der Waals surface area contributed by atoms with E-state index in [4.69, 9.17) is 25.8 Å². The summed E-state index contributed by atoms with van der Waals surface area (Å²) in [4.78, 5) is 17.0. The smallest absolute Gasteiger partial charge is 0.172 e. The number of rotatable bonds is 8. The van der Waals surface area contributed by atoms with Gasteiger partial charge >= 0.3 is 0 Å². The number of carbonyl (C=O) groups is 1. The summed E-state index contributed by atoms with van der Waals surface area (Å²) in [5, 5.41) is 1.77. The molecule has 2 aromatic carbocycles. The number of carbonyl (C=O) groups excluding carboxylic acids is 1. The number of fused-ring (bicyclic) bond motifs is 1. The van der Waals surface area contributed by atoms with Crippen molar-refractivity contribution in [2.75, 3.05) is 20.0 Å².